The van der Waals surface area contributed by atoms with Crippen molar-refractivity contribution in [1.82, 2.24) is 5.43 Å². The van der Waals surface area contributed by atoms with Crippen molar-refractivity contribution in [3.8, 4) is 23.0 Å². The van der Waals surface area contributed by atoms with Gasteiger partial charge in [0.05, 0.1) is 24.0 Å². The summed E-state index contributed by atoms with van der Waals surface area (Å²) in [6, 6.07) is 16.8. The van der Waals surface area contributed by atoms with Crippen LogP contribution in [0.2, 0.25) is 0 Å². The van der Waals surface area contributed by atoms with E-state index in [1.54, 1.807) is 43.7 Å². The molecule has 182 valence electrons. The third-order valence-corrected chi connectivity index (χ3v) is 5.72. The number of hydrogen-bond acceptors (Lipinski definition) is 6. The lowest BCUT2D eigenvalue weighted by Crippen LogP contribution is -2.17. The molecule has 3 aromatic carbocycles. The molecule has 0 atom stereocenters. The highest BCUT2D eigenvalue weighted by molar-refractivity contribution is 14.1. The fourth-order valence-electron chi connectivity index (χ4n) is 3.10. The highest BCUT2D eigenvalue weighted by Crippen LogP contribution is 2.34. The third kappa shape index (κ3) is 7.22. The summed E-state index contributed by atoms with van der Waals surface area (Å²) < 4.78 is 23.2. The number of nitrogens with one attached hydrogen (secondary N) is 1. The Bertz CT molecular complexity index is 1210. The number of carbonyl (C=O) groups is 1. The van der Waals surface area contributed by atoms with Gasteiger partial charge in [0.15, 0.2) is 23.0 Å². The molecule has 0 bridgehead atoms. The van der Waals surface area contributed by atoms with Crippen LogP contribution in [0.15, 0.2) is 72.4 Å². The van der Waals surface area contributed by atoms with Crippen LogP contribution in [0.4, 0.5) is 0 Å². The maximum absolute atomic E-state index is 12.5. The quantitative estimate of drug-likeness (QED) is 0.139. The molecule has 0 heterocycles. The van der Waals surface area contributed by atoms with Crippen molar-refractivity contribution in [1.29, 1.82) is 0 Å². The van der Waals surface area contributed by atoms with Crippen LogP contribution < -0.4 is 24.4 Å². The van der Waals surface area contributed by atoms with Gasteiger partial charge in [-0.15, -0.1) is 0 Å². The minimum atomic E-state index is -0.380. The van der Waals surface area contributed by atoms with E-state index < -0.39 is 0 Å². The lowest BCUT2D eigenvalue weighted by Gasteiger charge is -2.14. The number of hydrogen-bond donors (Lipinski definition) is 1. The summed E-state index contributed by atoms with van der Waals surface area (Å²) in [5.74, 6) is 1.83. The van der Waals surface area contributed by atoms with E-state index in [-0.39, 0.29) is 5.91 Å². The average molecular weight is 586 g/mol. The van der Waals surface area contributed by atoms with Crippen LogP contribution in [0.25, 0.3) is 0 Å². The molecule has 0 unspecified atom stereocenters. The first-order chi connectivity index (χ1) is 16.9. The molecule has 7 nitrogen and oxygen atoms in total. The smallest absolute Gasteiger partial charge is 0.271 e. The van der Waals surface area contributed by atoms with Crippen LogP contribution in [-0.4, -0.2) is 32.9 Å². The number of amides is 1. The first-order valence-corrected chi connectivity index (χ1v) is 11.8. The number of rotatable bonds is 11. The number of methoxy groups -OCH3 is 2. The van der Waals surface area contributed by atoms with Crippen LogP contribution >= 0.6 is 22.6 Å². The van der Waals surface area contributed by atoms with Gasteiger partial charge in [0.25, 0.3) is 5.91 Å². The largest absolute Gasteiger partial charge is 0.493 e. The third-order valence-electron chi connectivity index (χ3n) is 4.92. The van der Waals surface area contributed by atoms with Gasteiger partial charge in [-0.1, -0.05) is 42.5 Å². The van der Waals surface area contributed by atoms with Gasteiger partial charge in [-0.05, 0) is 71.0 Å². The van der Waals surface area contributed by atoms with Gasteiger partial charge >= 0.3 is 0 Å². The Kier molecular flexibility index (Phi) is 9.54. The lowest BCUT2D eigenvalue weighted by molar-refractivity contribution is 0.0954. The van der Waals surface area contributed by atoms with Crippen LogP contribution in [0.1, 0.15) is 27.0 Å². The minimum absolute atomic E-state index is 0.338. The van der Waals surface area contributed by atoms with Crippen molar-refractivity contribution in [2.24, 2.45) is 5.10 Å². The molecule has 1 amide bonds. The highest BCUT2D eigenvalue weighted by Gasteiger charge is 2.13. The molecule has 0 aliphatic rings. The number of benzene rings is 3. The summed E-state index contributed by atoms with van der Waals surface area (Å²) in [6.45, 7) is 6.43. The van der Waals surface area contributed by atoms with E-state index >= 15 is 0 Å². The van der Waals surface area contributed by atoms with Gasteiger partial charge in [0.2, 0.25) is 0 Å². The molecule has 0 aliphatic carbocycles. The summed E-state index contributed by atoms with van der Waals surface area (Å²) >= 11 is 2.19. The van der Waals surface area contributed by atoms with E-state index in [2.05, 4.69) is 51.8 Å². The number of nitrogens with zero attached hydrogens (tertiary/aromatic N) is 1. The fraction of sp³-hybridized carbons (Fsp3) is 0.185. The lowest BCUT2D eigenvalue weighted by atomic mass is 10.2. The zero-order chi connectivity index (χ0) is 25.2. The second kappa shape index (κ2) is 12.8. The topological polar surface area (TPSA) is 78.4 Å². The Labute approximate surface area is 218 Å². The molecule has 35 heavy (non-hydrogen) atoms. The Morgan fingerprint density at radius 1 is 1.00 bits per heavy atom. The standard InChI is InChI=1S/C27H27IN2O5/c1-5-12-34-23-11-10-21(15-24(23)32-3)27(31)30-29-16-20-13-22(28)26(25(14-20)33-4)35-17-19-8-6-18(2)7-9-19/h5-11,13-16H,1,12,17H2,2-4H3,(H,30,31)/b29-16+. The van der Waals surface area contributed by atoms with E-state index in [4.69, 9.17) is 18.9 Å². The van der Waals surface area contributed by atoms with E-state index in [0.717, 1.165) is 14.7 Å². The van der Waals surface area contributed by atoms with E-state index in [1.165, 1.54) is 12.7 Å². The predicted molar refractivity (Wildman–Crippen MR) is 145 cm³/mol. The fourth-order valence-corrected chi connectivity index (χ4v) is 3.88. The highest BCUT2D eigenvalue weighted by atomic mass is 127. The van der Waals surface area contributed by atoms with Gasteiger partial charge < -0.3 is 18.9 Å². The maximum Gasteiger partial charge on any atom is 0.271 e. The molecule has 0 spiro atoms. The summed E-state index contributed by atoms with van der Waals surface area (Å²) in [6.07, 6.45) is 3.18. The van der Waals surface area contributed by atoms with Crippen molar-refractivity contribution in [3.05, 3.63) is 93.1 Å². The Hall–Kier alpha value is -3.53. The van der Waals surface area contributed by atoms with Gasteiger partial charge in [0.1, 0.15) is 13.2 Å². The van der Waals surface area contributed by atoms with Crippen LogP contribution in [0.5, 0.6) is 23.0 Å². The molecule has 8 heteroatoms. The second-order valence-electron chi connectivity index (χ2n) is 7.47. The molecule has 0 radical (unpaired) electrons. The van der Waals surface area contributed by atoms with Crippen LogP contribution in [-0.2, 0) is 6.61 Å². The molecular formula is C27H27IN2O5. The monoisotopic (exact) mass is 586 g/mol. The predicted octanol–water partition coefficient (Wildman–Crippen LogP) is 5.52. The van der Waals surface area contributed by atoms with Gasteiger partial charge in [0, 0.05) is 5.56 Å². The summed E-state index contributed by atoms with van der Waals surface area (Å²) in [7, 11) is 3.10. The summed E-state index contributed by atoms with van der Waals surface area (Å²) in [5.41, 5.74) is 5.93. The Balaban J connectivity index is 1.67. The molecule has 0 saturated carbocycles. The van der Waals surface area contributed by atoms with Crippen molar-refractivity contribution in [2.75, 3.05) is 20.8 Å². The maximum atomic E-state index is 12.5. The molecule has 1 N–H and O–H groups in total. The summed E-state index contributed by atoms with van der Waals surface area (Å²) in [4.78, 5) is 12.5. The molecule has 0 saturated heterocycles. The molecule has 0 aliphatic heterocycles. The van der Waals surface area contributed by atoms with E-state index in [9.17, 15) is 4.79 Å². The van der Waals surface area contributed by atoms with Gasteiger partial charge in [-0.3, -0.25) is 4.79 Å². The molecular weight excluding hydrogens is 559 g/mol. The van der Waals surface area contributed by atoms with Crippen LogP contribution in [0, 0.1) is 10.5 Å². The first-order valence-electron chi connectivity index (χ1n) is 10.8. The van der Waals surface area contributed by atoms with Crippen molar-refractivity contribution < 1.29 is 23.7 Å². The average Bonchev–Trinajstić information content (AvgIpc) is 2.87. The van der Waals surface area contributed by atoms with Crippen LogP contribution in [0.3, 0.4) is 0 Å². The number of aryl methyl sites for hydroxylation is 1. The number of halogens is 1. The molecule has 0 fully saturated rings. The second-order valence-corrected chi connectivity index (χ2v) is 8.64. The van der Waals surface area contributed by atoms with E-state index in [0.29, 0.717) is 41.8 Å². The minimum Gasteiger partial charge on any atom is -0.493 e. The molecule has 3 rings (SSSR count). The number of hydrazone groups is 1. The van der Waals surface area contributed by atoms with Crippen molar-refractivity contribution in [3.63, 3.8) is 0 Å². The Morgan fingerprint density at radius 3 is 2.43 bits per heavy atom. The van der Waals surface area contributed by atoms with Gasteiger partial charge in [-0.25, -0.2) is 5.43 Å². The Morgan fingerprint density at radius 2 is 1.74 bits per heavy atom. The molecule has 3 aromatic rings. The van der Waals surface area contributed by atoms with Gasteiger partial charge in [-0.2, -0.15) is 5.10 Å². The first kappa shape index (κ1) is 26.1. The van der Waals surface area contributed by atoms with E-state index in [1.807, 2.05) is 25.1 Å². The normalized spacial score (nSPS) is 10.6. The van der Waals surface area contributed by atoms with Crippen molar-refractivity contribution >= 4 is 34.7 Å². The van der Waals surface area contributed by atoms with Crippen molar-refractivity contribution in [2.45, 2.75) is 13.5 Å². The SMILES string of the molecule is C=CCOc1ccc(C(=O)N/N=C/c2cc(I)c(OCc3ccc(C)cc3)c(OC)c2)cc1OC. The number of carbonyl (C=O) groups excluding carboxylic acids is 1. The zero-order valence-corrected chi connectivity index (χ0v) is 22.0. The number of ether oxygens (including phenoxy) is 4. The molecule has 0 aromatic heterocycles. The summed E-state index contributed by atoms with van der Waals surface area (Å²) in [5, 5.41) is 4.08. The zero-order valence-electron chi connectivity index (χ0n) is 19.8.